The second kappa shape index (κ2) is 12.5. The Morgan fingerprint density at radius 2 is 1.86 bits per heavy atom. The largest absolute Gasteiger partial charge is 0.463 e. The molecule has 1 spiro atoms. The van der Waals surface area contributed by atoms with Gasteiger partial charge in [-0.05, 0) is 56.0 Å². The first-order chi connectivity index (χ1) is 17.2. The van der Waals surface area contributed by atoms with Crippen molar-refractivity contribution in [2.75, 3.05) is 24.5 Å². The van der Waals surface area contributed by atoms with Crippen LogP contribution in [0.5, 0.6) is 0 Å². The first-order valence-corrected chi connectivity index (χ1v) is 14.0. The van der Waals surface area contributed by atoms with Crippen LogP contribution in [0, 0.1) is 5.82 Å². The van der Waals surface area contributed by atoms with E-state index in [1.165, 1.54) is 24.3 Å². The highest BCUT2D eigenvalue weighted by Gasteiger charge is 2.51. The lowest BCUT2D eigenvalue weighted by Crippen LogP contribution is -2.43. The molecule has 11 heteroatoms. The van der Waals surface area contributed by atoms with Crippen molar-refractivity contribution in [3.05, 3.63) is 41.2 Å². The Morgan fingerprint density at radius 1 is 1.17 bits per heavy atom. The molecule has 1 saturated heterocycles. The summed E-state index contributed by atoms with van der Waals surface area (Å²) in [6.07, 6.45) is 4.00. The molecule has 9 nitrogen and oxygen atoms in total. The zero-order valence-corrected chi connectivity index (χ0v) is 21.6. The van der Waals surface area contributed by atoms with E-state index in [0.29, 0.717) is 12.0 Å². The van der Waals surface area contributed by atoms with E-state index in [4.69, 9.17) is 14.2 Å². The number of benzene rings is 1. The van der Waals surface area contributed by atoms with Crippen molar-refractivity contribution in [3.8, 4) is 0 Å². The summed E-state index contributed by atoms with van der Waals surface area (Å²) in [4.78, 5) is 12.8. The van der Waals surface area contributed by atoms with Gasteiger partial charge in [0.15, 0.2) is 5.79 Å². The highest BCUT2D eigenvalue weighted by molar-refractivity contribution is 7.93. The Hall–Kier alpha value is -2.05. The molecule has 3 rings (SSSR count). The van der Waals surface area contributed by atoms with E-state index in [1.54, 1.807) is 6.92 Å². The van der Waals surface area contributed by atoms with Crippen molar-refractivity contribution in [1.29, 1.82) is 0 Å². The van der Waals surface area contributed by atoms with E-state index in [0.717, 1.165) is 25.7 Å². The van der Waals surface area contributed by atoms with Crippen molar-refractivity contribution in [3.63, 3.8) is 0 Å². The van der Waals surface area contributed by atoms with Gasteiger partial charge in [0, 0.05) is 6.42 Å². The number of aliphatic hydroxyl groups excluding tert-OH is 2. The third-order valence-corrected chi connectivity index (χ3v) is 8.20. The number of unbranched alkanes of at least 4 members (excludes halogenated alkanes) is 3. The maximum Gasteiger partial charge on any atom is 0.335 e. The van der Waals surface area contributed by atoms with Gasteiger partial charge < -0.3 is 24.4 Å². The standard InChI is InChI=1S/C25H36FNO8S/c1-3-5-6-7-8-17-13-18(26)9-10-20(17)27-36(31,32)23-11-12-25(14-19(23)24(30)33-4-2)34-21(15-28)22(16-29)35-25/h9-10,13-14,21-23,27-29H,3-8,11-12,15-16H2,1-2H3/t21-,22-,23?/m0/s1. The molecule has 0 bridgehead atoms. The SMILES string of the molecule is CCCCCCc1cc(F)ccc1NS(=O)(=O)C1CCC2(C=C1C(=O)OCC)O[C@@H](CO)[C@H](CO)O2. The quantitative estimate of drug-likeness (QED) is 0.278. The van der Waals surface area contributed by atoms with Gasteiger partial charge in [-0.1, -0.05) is 26.2 Å². The van der Waals surface area contributed by atoms with Gasteiger partial charge in [0.05, 0.1) is 31.1 Å². The number of carbonyl (C=O) groups excluding carboxylic acids is 1. The van der Waals surface area contributed by atoms with Crippen LogP contribution in [-0.2, 0) is 35.4 Å². The predicted molar refractivity (Wildman–Crippen MR) is 131 cm³/mol. The minimum atomic E-state index is -4.16. The van der Waals surface area contributed by atoms with Gasteiger partial charge >= 0.3 is 5.97 Å². The number of ether oxygens (including phenoxy) is 3. The fourth-order valence-electron chi connectivity index (χ4n) is 4.64. The molecule has 1 unspecified atom stereocenters. The molecular formula is C25H36FNO8S. The molecule has 0 saturated carbocycles. The normalized spacial score (nSPS) is 23.5. The summed E-state index contributed by atoms with van der Waals surface area (Å²) in [5.41, 5.74) is 0.658. The number of anilines is 1. The lowest BCUT2D eigenvalue weighted by atomic mass is 9.94. The molecule has 202 valence electrons. The minimum absolute atomic E-state index is 0.0312. The van der Waals surface area contributed by atoms with Crippen molar-refractivity contribution in [2.45, 2.75) is 82.0 Å². The average molecular weight is 530 g/mol. The maximum atomic E-state index is 13.9. The summed E-state index contributed by atoms with van der Waals surface area (Å²) in [6.45, 7) is 2.90. The number of aryl methyl sites for hydroxylation is 1. The molecule has 0 amide bonds. The lowest BCUT2D eigenvalue weighted by molar-refractivity contribution is -0.154. The summed E-state index contributed by atoms with van der Waals surface area (Å²) in [6, 6.07) is 3.91. The number of esters is 1. The van der Waals surface area contributed by atoms with E-state index < -0.39 is 58.3 Å². The zero-order chi connectivity index (χ0) is 26.3. The Balaban J connectivity index is 1.89. The highest BCUT2D eigenvalue weighted by atomic mass is 32.2. The van der Waals surface area contributed by atoms with Crippen LogP contribution in [0.25, 0.3) is 0 Å². The Kier molecular flexibility index (Phi) is 9.87. The first-order valence-electron chi connectivity index (χ1n) is 12.5. The molecular weight excluding hydrogens is 493 g/mol. The number of carbonyl (C=O) groups is 1. The number of hydrogen-bond donors (Lipinski definition) is 3. The highest BCUT2D eigenvalue weighted by Crippen LogP contribution is 2.41. The number of halogens is 1. The second-order valence-electron chi connectivity index (χ2n) is 9.10. The smallest absolute Gasteiger partial charge is 0.335 e. The van der Waals surface area contributed by atoms with E-state index in [2.05, 4.69) is 11.6 Å². The Labute approximate surface area is 211 Å². The van der Waals surface area contributed by atoms with Crippen molar-refractivity contribution < 1.29 is 42.0 Å². The monoisotopic (exact) mass is 529 g/mol. The maximum absolute atomic E-state index is 13.9. The third kappa shape index (κ3) is 6.63. The van der Waals surface area contributed by atoms with Crippen molar-refractivity contribution >= 4 is 21.7 Å². The molecule has 2 aliphatic rings. The van der Waals surface area contributed by atoms with Gasteiger partial charge in [0.2, 0.25) is 10.0 Å². The van der Waals surface area contributed by atoms with Crippen molar-refractivity contribution in [2.24, 2.45) is 0 Å². The molecule has 0 aromatic heterocycles. The van der Waals surface area contributed by atoms with Crippen LogP contribution in [-0.4, -0.2) is 67.7 Å². The van der Waals surface area contributed by atoms with E-state index in [9.17, 15) is 27.8 Å². The second-order valence-corrected chi connectivity index (χ2v) is 11.0. The van der Waals surface area contributed by atoms with Gasteiger partial charge in [-0.3, -0.25) is 4.72 Å². The fraction of sp³-hybridized carbons (Fsp3) is 0.640. The van der Waals surface area contributed by atoms with E-state index in [1.807, 2.05) is 0 Å². The fourth-order valence-corrected chi connectivity index (χ4v) is 6.21. The molecule has 36 heavy (non-hydrogen) atoms. The van der Waals surface area contributed by atoms with Crippen LogP contribution in [0.3, 0.4) is 0 Å². The van der Waals surface area contributed by atoms with Gasteiger partial charge in [0.25, 0.3) is 0 Å². The average Bonchev–Trinajstić information content (AvgIpc) is 3.20. The minimum Gasteiger partial charge on any atom is -0.463 e. The topological polar surface area (TPSA) is 131 Å². The van der Waals surface area contributed by atoms with E-state index >= 15 is 0 Å². The molecule has 3 atom stereocenters. The molecule has 1 aliphatic heterocycles. The number of rotatable bonds is 12. The molecule has 1 fully saturated rings. The Bertz CT molecular complexity index is 1030. The van der Waals surface area contributed by atoms with Gasteiger partial charge in [-0.2, -0.15) is 0 Å². The zero-order valence-electron chi connectivity index (χ0n) is 20.7. The van der Waals surface area contributed by atoms with Gasteiger partial charge in [-0.25, -0.2) is 17.6 Å². The summed E-state index contributed by atoms with van der Waals surface area (Å²) in [5.74, 6) is -2.75. The van der Waals surface area contributed by atoms with Crippen LogP contribution in [0.4, 0.5) is 10.1 Å². The summed E-state index contributed by atoms with van der Waals surface area (Å²) >= 11 is 0. The summed E-state index contributed by atoms with van der Waals surface area (Å²) < 4.78 is 60.3. The molecule has 1 heterocycles. The van der Waals surface area contributed by atoms with Crippen LogP contribution in [0.1, 0.15) is 57.9 Å². The number of hydrogen-bond acceptors (Lipinski definition) is 8. The number of aliphatic hydroxyl groups is 2. The van der Waals surface area contributed by atoms with Crippen LogP contribution in [0.15, 0.2) is 29.8 Å². The van der Waals surface area contributed by atoms with Gasteiger partial charge in [-0.15, -0.1) is 0 Å². The summed E-state index contributed by atoms with van der Waals surface area (Å²) in [7, 11) is -4.16. The Morgan fingerprint density at radius 3 is 2.47 bits per heavy atom. The number of sulfonamides is 1. The molecule has 0 radical (unpaired) electrons. The summed E-state index contributed by atoms with van der Waals surface area (Å²) in [5, 5.41) is 17.9. The van der Waals surface area contributed by atoms with Crippen LogP contribution in [0.2, 0.25) is 0 Å². The molecule has 1 aliphatic carbocycles. The molecule has 1 aromatic carbocycles. The first kappa shape index (κ1) is 28.5. The van der Waals surface area contributed by atoms with Crippen LogP contribution < -0.4 is 4.72 Å². The third-order valence-electron chi connectivity index (χ3n) is 6.46. The molecule has 1 aromatic rings. The predicted octanol–water partition coefficient (Wildman–Crippen LogP) is 2.81. The van der Waals surface area contributed by atoms with Gasteiger partial charge in [0.1, 0.15) is 23.3 Å². The lowest BCUT2D eigenvalue weighted by Gasteiger charge is -2.33. The van der Waals surface area contributed by atoms with Crippen molar-refractivity contribution in [1.82, 2.24) is 0 Å². The van der Waals surface area contributed by atoms with Crippen LogP contribution >= 0.6 is 0 Å². The number of nitrogens with one attached hydrogen (secondary N) is 1. The van der Waals surface area contributed by atoms with E-state index in [-0.39, 0.29) is 30.7 Å². The molecule has 3 N–H and O–H groups in total.